The molecule has 0 aliphatic carbocycles. The molecule has 6 nitrogen and oxygen atoms in total. The second kappa shape index (κ2) is 11.6. The molecule has 0 aliphatic rings. The van der Waals surface area contributed by atoms with Gasteiger partial charge in [0.2, 0.25) is 0 Å². The Balaban J connectivity index is 1.27. The van der Waals surface area contributed by atoms with E-state index in [1.807, 2.05) is 105 Å². The van der Waals surface area contributed by atoms with E-state index in [1.54, 1.807) is 13.3 Å². The van der Waals surface area contributed by atoms with E-state index in [1.165, 1.54) is 0 Å². The van der Waals surface area contributed by atoms with Crippen molar-refractivity contribution in [3.05, 3.63) is 124 Å². The van der Waals surface area contributed by atoms with Gasteiger partial charge in [-0.15, -0.1) is 0 Å². The lowest BCUT2D eigenvalue weighted by Gasteiger charge is -2.11. The highest BCUT2D eigenvalue weighted by molar-refractivity contribution is 9.10. The summed E-state index contributed by atoms with van der Waals surface area (Å²) in [6, 6.07) is 29.7. The zero-order valence-corrected chi connectivity index (χ0v) is 23.5. The Morgan fingerprint density at radius 1 is 0.949 bits per heavy atom. The van der Waals surface area contributed by atoms with Crippen LogP contribution in [0.25, 0.3) is 16.5 Å². The van der Waals surface area contributed by atoms with Gasteiger partial charge in [0.15, 0.2) is 0 Å². The zero-order chi connectivity index (χ0) is 27.4. The minimum atomic E-state index is -0.332. The Kier molecular flexibility index (Phi) is 7.79. The number of halogens is 1. The highest BCUT2D eigenvalue weighted by atomic mass is 79.9. The third-order valence-corrected chi connectivity index (χ3v) is 7.09. The van der Waals surface area contributed by atoms with Crippen LogP contribution in [0.4, 0.5) is 0 Å². The number of nitrogens with one attached hydrogen (secondary N) is 1. The van der Waals surface area contributed by atoms with Gasteiger partial charge in [-0.3, -0.25) is 4.79 Å². The number of fused-ring (bicyclic) bond motifs is 1. The standard InChI is InChI=1S/C32H28BrN3O3/c1-21-16-26(19-34-35-32(37)30-17-24-6-4-5-7-25(24)18-31(30)38-3)22(2)36(21)28-12-14-29(15-13-28)39-20-23-8-10-27(33)11-9-23/h4-19H,20H2,1-3H3,(H,35,37)/b34-19-. The summed E-state index contributed by atoms with van der Waals surface area (Å²) in [4.78, 5) is 12.9. The molecule has 39 heavy (non-hydrogen) atoms. The molecule has 1 N–H and O–H groups in total. The lowest BCUT2D eigenvalue weighted by atomic mass is 10.1. The maximum atomic E-state index is 12.9. The summed E-state index contributed by atoms with van der Waals surface area (Å²) in [6.45, 7) is 4.58. The molecule has 196 valence electrons. The summed E-state index contributed by atoms with van der Waals surface area (Å²) < 4.78 is 14.6. The molecule has 5 rings (SSSR count). The van der Waals surface area contributed by atoms with Gasteiger partial charge < -0.3 is 14.0 Å². The van der Waals surface area contributed by atoms with Crippen LogP contribution in [0.5, 0.6) is 11.5 Å². The molecule has 0 fully saturated rings. The Bertz CT molecular complexity index is 1660. The van der Waals surface area contributed by atoms with E-state index in [4.69, 9.17) is 9.47 Å². The van der Waals surface area contributed by atoms with Gasteiger partial charge in [0, 0.05) is 27.1 Å². The molecule has 0 atom stereocenters. The number of carbonyl (C=O) groups is 1. The van der Waals surface area contributed by atoms with Crippen molar-refractivity contribution in [2.24, 2.45) is 5.10 Å². The summed E-state index contributed by atoms with van der Waals surface area (Å²) in [5.74, 6) is 0.975. The van der Waals surface area contributed by atoms with E-state index in [2.05, 4.69) is 31.0 Å². The first-order valence-electron chi connectivity index (χ1n) is 12.5. The van der Waals surface area contributed by atoms with Crippen molar-refractivity contribution in [1.82, 2.24) is 9.99 Å². The van der Waals surface area contributed by atoms with Crippen LogP contribution >= 0.6 is 15.9 Å². The molecule has 0 spiro atoms. The van der Waals surface area contributed by atoms with Crippen LogP contribution in [0, 0.1) is 13.8 Å². The predicted molar refractivity (Wildman–Crippen MR) is 159 cm³/mol. The summed E-state index contributed by atoms with van der Waals surface area (Å²) in [6.07, 6.45) is 1.67. The number of hydrogen-bond donors (Lipinski definition) is 1. The lowest BCUT2D eigenvalue weighted by Crippen LogP contribution is -2.18. The third kappa shape index (κ3) is 5.89. The summed E-state index contributed by atoms with van der Waals surface area (Å²) in [5, 5.41) is 6.20. The maximum absolute atomic E-state index is 12.9. The molecule has 1 aromatic heterocycles. The monoisotopic (exact) mass is 581 g/mol. The molecule has 0 radical (unpaired) electrons. The van der Waals surface area contributed by atoms with Crippen molar-refractivity contribution in [3.8, 4) is 17.2 Å². The Morgan fingerprint density at radius 3 is 2.33 bits per heavy atom. The van der Waals surface area contributed by atoms with Crippen LogP contribution in [0.2, 0.25) is 0 Å². The molecule has 1 heterocycles. The number of nitrogens with zero attached hydrogens (tertiary/aromatic N) is 2. The van der Waals surface area contributed by atoms with E-state index in [0.29, 0.717) is 17.9 Å². The average Bonchev–Trinajstić information content (AvgIpc) is 3.24. The van der Waals surface area contributed by atoms with Gasteiger partial charge in [0.05, 0.1) is 18.9 Å². The molecule has 0 saturated heterocycles. The average molecular weight is 582 g/mol. The summed E-state index contributed by atoms with van der Waals surface area (Å²) >= 11 is 3.45. The van der Waals surface area contributed by atoms with Gasteiger partial charge in [-0.05, 0) is 84.8 Å². The Labute approximate surface area is 236 Å². The van der Waals surface area contributed by atoms with Gasteiger partial charge in [0.25, 0.3) is 5.91 Å². The number of methoxy groups -OCH3 is 1. The van der Waals surface area contributed by atoms with E-state index in [9.17, 15) is 4.79 Å². The molecule has 0 unspecified atom stereocenters. The number of hydrogen-bond acceptors (Lipinski definition) is 4. The van der Waals surface area contributed by atoms with Crippen LogP contribution in [0.1, 0.15) is 32.9 Å². The fourth-order valence-electron chi connectivity index (χ4n) is 4.54. The molecule has 0 aliphatic heterocycles. The van der Waals surface area contributed by atoms with Crippen molar-refractivity contribution < 1.29 is 14.3 Å². The topological polar surface area (TPSA) is 64.8 Å². The maximum Gasteiger partial charge on any atom is 0.275 e. The summed E-state index contributed by atoms with van der Waals surface area (Å²) in [7, 11) is 1.56. The van der Waals surface area contributed by atoms with E-state index in [-0.39, 0.29) is 5.91 Å². The van der Waals surface area contributed by atoms with Gasteiger partial charge in [-0.2, -0.15) is 5.10 Å². The second-order valence-electron chi connectivity index (χ2n) is 9.17. The molecule has 0 saturated carbocycles. The molecular formula is C32H28BrN3O3. The van der Waals surface area contributed by atoms with Crippen LogP contribution in [-0.4, -0.2) is 23.8 Å². The van der Waals surface area contributed by atoms with Gasteiger partial charge in [-0.1, -0.05) is 52.3 Å². The molecule has 4 aromatic carbocycles. The number of rotatable bonds is 8. The molecule has 0 bridgehead atoms. The smallest absolute Gasteiger partial charge is 0.275 e. The van der Waals surface area contributed by atoms with E-state index < -0.39 is 0 Å². The number of carbonyl (C=O) groups excluding carboxylic acids is 1. The number of aromatic nitrogens is 1. The number of benzene rings is 4. The van der Waals surface area contributed by atoms with E-state index in [0.717, 1.165) is 49.2 Å². The van der Waals surface area contributed by atoms with E-state index >= 15 is 0 Å². The second-order valence-corrected chi connectivity index (χ2v) is 10.1. The normalized spacial score (nSPS) is 11.2. The minimum Gasteiger partial charge on any atom is -0.496 e. The molecule has 1 amide bonds. The first kappa shape index (κ1) is 26.3. The largest absolute Gasteiger partial charge is 0.496 e. The van der Waals surface area contributed by atoms with Crippen molar-refractivity contribution in [2.45, 2.75) is 20.5 Å². The molecule has 5 aromatic rings. The molecular weight excluding hydrogens is 554 g/mol. The van der Waals surface area contributed by atoms with Crippen LogP contribution < -0.4 is 14.9 Å². The highest BCUT2D eigenvalue weighted by Crippen LogP contribution is 2.26. The number of ether oxygens (including phenoxy) is 2. The quantitative estimate of drug-likeness (QED) is 0.154. The SMILES string of the molecule is COc1cc2ccccc2cc1C(=O)N/N=C\c1cc(C)n(-c2ccc(OCc3ccc(Br)cc3)cc2)c1C. The fraction of sp³-hybridized carbons (Fsp3) is 0.125. The molecule has 7 heteroatoms. The van der Waals surface area contributed by atoms with Gasteiger partial charge in [0.1, 0.15) is 18.1 Å². The minimum absolute atomic E-state index is 0.332. The Morgan fingerprint density at radius 2 is 1.64 bits per heavy atom. The number of hydrazone groups is 1. The van der Waals surface area contributed by atoms with Crippen molar-refractivity contribution in [3.63, 3.8) is 0 Å². The van der Waals surface area contributed by atoms with Crippen LogP contribution in [-0.2, 0) is 6.61 Å². The first-order chi connectivity index (χ1) is 18.9. The van der Waals surface area contributed by atoms with Crippen LogP contribution in [0.3, 0.4) is 0 Å². The van der Waals surface area contributed by atoms with Crippen molar-refractivity contribution in [2.75, 3.05) is 7.11 Å². The van der Waals surface area contributed by atoms with Crippen molar-refractivity contribution >= 4 is 38.8 Å². The van der Waals surface area contributed by atoms with Gasteiger partial charge >= 0.3 is 0 Å². The predicted octanol–water partition coefficient (Wildman–Crippen LogP) is 7.36. The van der Waals surface area contributed by atoms with Gasteiger partial charge in [-0.25, -0.2) is 5.43 Å². The highest BCUT2D eigenvalue weighted by Gasteiger charge is 2.14. The number of aryl methyl sites for hydroxylation is 1. The third-order valence-electron chi connectivity index (χ3n) is 6.57. The number of amides is 1. The fourth-order valence-corrected chi connectivity index (χ4v) is 4.81. The van der Waals surface area contributed by atoms with Crippen LogP contribution in [0.15, 0.2) is 101 Å². The zero-order valence-electron chi connectivity index (χ0n) is 21.9. The summed E-state index contributed by atoms with van der Waals surface area (Å²) in [5.41, 5.74) is 8.18. The lowest BCUT2D eigenvalue weighted by molar-refractivity contribution is 0.0952. The van der Waals surface area contributed by atoms with Crippen molar-refractivity contribution in [1.29, 1.82) is 0 Å². The Hall–Kier alpha value is -4.36. The first-order valence-corrected chi connectivity index (χ1v) is 13.3.